The van der Waals surface area contributed by atoms with Crippen molar-refractivity contribution in [3.05, 3.63) is 23.8 Å². The summed E-state index contributed by atoms with van der Waals surface area (Å²) in [7, 11) is 2.12. The van der Waals surface area contributed by atoms with E-state index in [-0.39, 0.29) is 18.0 Å². The number of likely N-dealkylation sites (tertiary alicyclic amines) is 1. The highest BCUT2D eigenvalue weighted by atomic mass is 16.4. The molecule has 3 rings (SSSR count). The number of amides is 1. The first-order valence-electron chi connectivity index (χ1n) is 9.65. The predicted molar refractivity (Wildman–Crippen MR) is 100 cm³/mol. The number of piperazine rings is 1. The molecule has 1 aromatic heterocycles. The number of nitrogens with zero attached hydrogens (tertiary/aromatic N) is 5. The zero-order valence-corrected chi connectivity index (χ0v) is 16.2. The lowest BCUT2D eigenvalue weighted by atomic mass is 9.86. The Bertz CT molecular complexity index is 680. The van der Waals surface area contributed by atoms with Gasteiger partial charge in [-0.05, 0) is 19.9 Å². The van der Waals surface area contributed by atoms with Crippen molar-refractivity contribution in [1.29, 1.82) is 0 Å². The van der Waals surface area contributed by atoms with Crippen LogP contribution in [-0.2, 0) is 22.6 Å². The second-order valence-corrected chi connectivity index (χ2v) is 7.68. The molecule has 1 atom stereocenters. The second-order valence-electron chi connectivity index (χ2n) is 7.68. The van der Waals surface area contributed by atoms with Crippen molar-refractivity contribution in [2.24, 2.45) is 0 Å². The maximum Gasteiger partial charge on any atom is 0.323 e. The van der Waals surface area contributed by atoms with Gasteiger partial charge in [0.05, 0.1) is 0 Å². The maximum atomic E-state index is 12.3. The van der Waals surface area contributed by atoms with Gasteiger partial charge in [0.1, 0.15) is 12.4 Å². The molecular formula is C19H29N5O3. The third-order valence-corrected chi connectivity index (χ3v) is 5.89. The van der Waals surface area contributed by atoms with E-state index in [1.807, 2.05) is 19.3 Å². The maximum absolute atomic E-state index is 12.3. The van der Waals surface area contributed by atoms with Crippen LogP contribution in [0.4, 0.5) is 0 Å². The third kappa shape index (κ3) is 4.62. The SMILES string of the molecule is CCc1ncc(CN2CCN(C)C3(CCC(=O)N(CC(=O)O)CC3)C2)cn1. The number of carbonyl (C=O) groups excluding carboxylic acids is 1. The van der Waals surface area contributed by atoms with Gasteiger partial charge in [0, 0.05) is 69.1 Å². The van der Waals surface area contributed by atoms with Gasteiger partial charge < -0.3 is 10.0 Å². The van der Waals surface area contributed by atoms with E-state index in [1.165, 1.54) is 4.90 Å². The Morgan fingerprint density at radius 3 is 2.63 bits per heavy atom. The molecule has 2 aliphatic rings. The van der Waals surface area contributed by atoms with Crippen LogP contribution in [0, 0.1) is 0 Å². The van der Waals surface area contributed by atoms with Gasteiger partial charge in [-0.15, -0.1) is 0 Å². The average molecular weight is 375 g/mol. The van der Waals surface area contributed by atoms with E-state index in [0.717, 1.165) is 56.8 Å². The van der Waals surface area contributed by atoms with Gasteiger partial charge in [-0.2, -0.15) is 0 Å². The van der Waals surface area contributed by atoms with Crippen molar-refractivity contribution in [3.8, 4) is 0 Å². The lowest BCUT2D eigenvalue weighted by molar-refractivity contribution is -0.144. The lowest BCUT2D eigenvalue weighted by Gasteiger charge is -2.49. The van der Waals surface area contributed by atoms with Crippen LogP contribution in [-0.4, -0.2) is 87.0 Å². The molecule has 0 aliphatic carbocycles. The number of hydrogen-bond acceptors (Lipinski definition) is 6. The molecule has 0 saturated carbocycles. The van der Waals surface area contributed by atoms with Gasteiger partial charge in [-0.1, -0.05) is 6.92 Å². The summed E-state index contributed by atoms with van der Waals surface area (Å²) in [6, 6.07) is 0. The normalized spacial score (nSPS) is 25.0. The molecule has 1 aromatic rings. The fourth-order valence-corrected chi connectivity index (χ4v) is 4.14. The van der Waals surface area contributed by atoms with Gasteiger partial charge in [-0.3, -0.25) is 19.4 Å². The van der Waals surface area contributed by atoms with Gasteiger partial charge in [0.2, 0.25) is 5.91 Å². The molecule has 0 radical (unpaired) electrons. The first kappa shape index (κ1) is 19.7. The van der Waals surface area contributed by atoms with Crippen molar-refractivity contribution < 1.29 is 14.7 Å². The number of likely N-dealkylation sites (N-methyl/N-ethyl adjacent to an activating group) is 1. The lowest BCUT2D eigenvalue weighted by Crippen LogP contribution is -2.60. The molecular weight excluding hydrogens is 346 g/mol. The smallest absolute Gasteiger partial charge is 0.323 e. The standard InChI is InChI=1S/C19H29N5O3/c1-3-16-20-10-15(11-21-16)12-23-9-8-22(2)19(14-23)5-4-17(25)24(7-6-19)13-18(26)27/h10-11H,3-9,12-14H2,1-2H3,(H,26,27). The number of carboxylic acid groups (broad SMARTS) is 1. The molecule has 2 saturated heterocycles. The first-order chi connectivity index (χ1) is 12.9. The summed E-state index contributed by atoms with van der Waals surface area (Å²) in [6.45, 7) is 5.89. The number of rotatable bonds is 5. The number of hydrogen-bond donors (Lipinski definition) is 1. The fraction of sp³-hybridized carbons (Fsp3) is 0.684. The quantitative estimate of drug-likeness (QED) is 0.807. The molecule has 2 aliphatic heterocycles. The highest BCUT2D eigenvalue weighted by molar-refractivity contribution is 5.81. The monoisotopic (exact) mass is 375 g/mol. The predicted octanol–water partition coefficient (Wildman–Crippen LogP) is 0.622. The number of carboxylic acids is 1. The van der Waals surface area contributed by atoms with Gasteiger partial charge in [0.15, 0.2) is 0 Å². The molecule has 2 fully saturated rings. The summed E-state index contributed by atoms with van der Waals surface area (Å²) < 4.78 is 0. The van der Waals surface area contributed by atoms with Gasteiger partial charge >= 0.3 is 5.97 Å². The minimum atomic E-state index is -0.951. The number of aromatic nitrogens is 2. The molecule has 148 valence electrons. The van der Waals surface area contributed by atoms with Crippen molar-refractivity contribution in [2.75, 3.05) is 39.8 Å². The zero-order chi connectivity index (χ0) is 19.4. The first-order valence-corrected chi connectivity index (χ1v) is 9.65. The summed E-state index contributed by atoms with van der Waals surface area (Å²) in [5.74, 6) is -0.147. The van der Waals surface area contributed by atoms with Gasteiger partial charge in [0.25, 0.3) is 0 Å². The number of aliphatic carboxylic acids is 1. The zero-order valence-electron chi connectivity index (χ0n) is 16.2. The minimum absolute atomic E-state index is 0.0525. The second kappa shape index (κ2) is 8.31. The summed E-state index contributed by atoms with van der Waals surface area (Å²) in [5.41, 5.74) is 1.01. The number of carbonyl (C=O) groups is 2. The van der Waals surface area contributed by atoms with E-state index < -0.39 is 5.97 Å². The van der Waals surface area contributed by atoms with E-state index in [9.17, 15) is 9.59 Å². The van der Waals surface area contributed by atoms with Crippen LogP contribution in [0.2, 0.25) is 0 Å². The van der Waals surface area contributed by atoms with Crippen LogP contribution in [0.3, 0.4) is 0 Å². The van der Waals surface area contributed by atoms with Crippen LogP contribution >= 0.6 is 0 Å². The molecule has 1 unspecified atom stereocenters. The molecule has 1 amide bonds. The average Bonchev–Trinajstić information content (AvgIpc) is 2.80. The van der Waals surface area contributed by atoms with Crippen LogP contribution in [0.5, 0.6) is 0 Å². The van der Waals surface area contributed by atoms with Gasteiger partial charge in [-0.25, -0.2) is 9.97 Å². The summed E-state index contributed by atoms with van der Waals surface area (Å²) >= 11 is 0. The largest absolute Gasteiger partial charge is 0.480 e. The summed E-state index contributed by atoms with van der Waals surface area (Å²) in [5, 5.41) is 9.05. The van der Waals surface area contributed by atoms with Crippen molar-refractivity contribution in [3.63, 3.8) is 0 Å². The number of aryl methyl sites for hydroxylation is 1. The Morgan fingerprint density at radius 1 is 1.22 bits per heavy atom. The van der Waals surface area contributed by atoms with Crippen LogP contribution in [0.25, 0.3) is 0 Å². The molecule has 1 spiro atoms. The Hall–Kier alpha value is -2.06. The van der Waals surface area contributed by atoms with E-state index in [2.05, 4.69) is 26.8 Å². The Morgan fingerprint density at radius 2 is 1.96 bits per heavy atom. The molecule has 8 heteroatoms. The van der Waals surface area contributed by atoms with Crippen LogP contribution in [0.15, 0.2) is 12.4 Å². The minimum Gasteiger partial charge on any atom is -0.480 e. The van der Waals surface area contributed by atoms with Crippen molar-refractivity contribution >= 4 is 11.9 Å². The Balaban J connectivity index is 1.68. The van der Waals surface area contributed by atoms with E-state index in [1.54, 1.807) is 0 Å². The van der Waals surface area contributed by atoms with Crippen LogP contribution in [0.1, 0.15) is 37.6 Å². The molecule has 27 heavy (non-hydrogen) atoms. The highest BCUT2D eigenvalue weighted by Crippen LogP contribution is 2.32. The van der Waals surface area contributed by atoms with E-state index >= 15 is 0 Å². The van der Waals surface area contributed by atoms with E-state index in [0.29, 0.717) is 13.0 Å². The highest BCUT2D eigenvalue weighted by Gasteiger charge is 2.42. The topological polar surface area (TPSA) is 89.9 Å². The third-order valence-electron chi connectivity index (χ3n) is 5.89. The van der Waals surface area contributed by atoms with Crippen LogP contribution < -0.4 is 0 Å². The summed E-state index contributed by atoms with van der Waals surface area (Å²) in [6.07, 6.45) is 6.60. The molecule has 0 bridgehead atoms. The van der Waals surface area contributed by atoms with Crippen molar-refractivity contribution in [2.45, 2.75) is 44.7 Å². The van der Waals surface area contributed by atoms with E-state index in [4.69, 9.17) is 5.11 Å². The Labute approximate surface area is 160 Å². The van der Waals surface area contributed by atoms with Crippen molar-refractivity contribution in [1.82, 2.24) is 24.7 Å². The molecule has 8 nitrogen and oxygen atoms in total. The fourth-order valence-electron chi connectivity index (χ4n) is 4.14. The molecule has 0 aromatic carbocycles. The Kier molecular flexibility index (Phi) is 6.06. The summed E-state index contributed by atoms with van der Waals surface area (Å²) in [4.78, 5) is 38.4. The molecule has 1 N–H and O–H groups in total. The molecule has 3 heterocycles.